The lowest BCUT2D eigenvalue weighted by Crippen LogP contribution is -2.35. The van der Waals surface area contributed by atoms with Gasteiger partial charge in [0.15, 0.2) is 11.5 Å². The molecule has 8 nitrogen and oxygen atoms in total. The molecular weight excluding hydrogens is 526 g/mol. The second-order valence-electron chi connectivity index (χ2n) is 6.77. The molecule has 3 rings (SSSR count). The molecule has 0 spiro atoms. The third-order valence-electron chi connectivity index (χ3n) is 4.38. The highest BCUT2D eigenvalue weighted by Gasteiger charge is 2.13. The lowest BCUT2D eigenvalue weighted by molar-refractivity contribution is -0.120. The summed E-state index contributed by atoms with van der Waals surface area (Å²) in [5.74, 6) is -0.987. The van der Waals surface area contributed by atoms with Gasteiger partial charge in [-0.3, -0.25) is 9.59 Å². The van der Waals surface area contributed by atoms with Crippen LogP contribution < -0.4 is 20.2 Å². The van der Waals surface area contributed by atoms with Crippen molar-refractivity contribution in [1.29, 1.82) is 0 Å². The zero-order valence-corrected chi connectivity index (χ0v) is 20.2. The SMILES string of the molecule is COc1cc(/C=N\NC(=O)CNC(=O)c2ccccc2Cl)ccc1OC(=O)c1cccc(Br)c1. The molecule has 3 aromatic rings. The number of methoxy groups -OCH3 is 1. The van der Waals surface area contributed by atoms with Crippen molar-refractivity contribution in [3.8, 4) is 11.5 Å². The van der Waals surface area contributed by atoms with Gasteiger partial charge in [-0.1, -0.05) is 45.7 Å². The Morgan fingerprint density at radius 1 is 1.03 bits per heavy atom. The summed E-state index contributed by atoms with van der Waals surface area (Å²) in [6, 6.07) is 18.1. The fourth-order valence-corrected chi connectivity index (χ4v) is 3.36. The molecule has 0 aliphatic carbocycles. The van der Waals surface area contributed by atoms with Crippen LogP contribution in [0.2, 0.25) is 5.02 Å². The third kappa shape index (κ3) is 6.90. The molecule has 0 radical (unpaired) electrons. The Bertz CT molecular complexity index is 1250. The van der Waals surface area contributed by atoms with E-state index in [9.17, 15) is 14.4 Å². The van der Waals surface area contributed by atoms with Crippen LogP contribution >= 0.6 is 27.5 Å². The standard InChI is InChI=1S/C24H19BrClN3O5/c1-33-21-11-15(9-10-20(21)34-24(32)16-5-4-6-17(25)12-16)13-28-29-22(30)14-27-23(31)18-7-2-3-8-19(18)26/h2-13H,14H2,1H3,(H,27,31)(H,29,30)/b28-13-. The Hall–Kier alpha value is -3.69. The van der Waals surface area contributed by atoms with E-state index < -0.39 is 17.8 Å². The number of halogens is 2. The average molecular weight is 545 g/mol. The molecule has 2 amide bonds. The van der Waals surface area contributed by atoms with Gasteiger partial charge in [-0.05, 0) is 54.1 Å². The van der Waals surface area contributed by atoms with Crippen LogP contribution in [0.1, 0.15) is 26.3 Å². The largest absolute Gasteiger partial charge is 0.493 e. The summed E-state index contributed by atoms with van der Waals surface area (Å²) in [6.07, 6.45) is 1.39. The van der Waals surface area contributed by atoms with E-state index in [0.717, 1.165) is 4.47 Å². The fourth-order valence-electron chi connectivity index (χ4n) is 2.74. The van der Waals surface area contributed by atoms with Crippen LogP contribution in [0.25, 0.3) is 0 Å². The van der Waals surface area contributed by atoms with E-state index in [0.29, 0.717) is 16.9 Å². The van der Waals surface area contributed by atoms with E-state index in [4.69, 9.17) is 21.1 Å². The van der Waals surface area contributed by atoms with Crippen molar-refractivity contribution in [2.24, 2.45) is 5.10 Å². The average Bonchev–Trinajstić information content (AvgIpc) is 2.83. The number of nitrogens with zero attached hydrogens (tertiary/aromatic N) is 1. The summed E-state index contributed by atoms with van der Waals surface area (Å²) in [7, 11) is 1.44. The molecule has 3 aromatic carbocycles. The van der Waals surface area contributed by atoms with Crippen LogP contribution in [0.3, 0.4) is 0 Å². The number of benzene rings is 3. The van der Waals surface area contributed by atoms with Crippen LogP contribution in [-0.4, -0.2) is 37.7 Å². The van der Waals surface area contributed by atoms with E-state index in [1.165, 1.54) is 13.3 Å². The maximum absolute atomic E-state index is 12.4. The van der Waals surface area contributed by atoms with Crippen molar-refractivity contribution < 1.29 is 23.9 Å². The highest BCUT2D eigenvalue weighted by molar-refractivity contribution is 9.10. The first-order valence-electron chi connectivity index (χ1n) is 9.88. The van der Waals surface area contributed by atoms with Gasteiger partial charge in [0.05, 0.1) is 36.0 Å². The first kappa shape index (κ1) is 24.9. The molecular formula is C24H19BrClN3O5. The minimum atomic E-state index is -0.535. The lowest BCUT2D eigenvalue weighted by Gasteiger charge is -2.10. The van der Waals surface area contributed by atoms with Gasteiger partial charge in [0.25, 0.3) is 11.8 Å². The van der Waals surface area contributed by atoms with Gasteiger partial charge in [0, 0.05) is 4.47 Å². The van der Waals surface area contributed by atoms with Crippen molar-refractivity contribution in [2.75, 3.05) is 13.7 Å². The summed E-state index contributed by atoms with van der Waals surface area (Å²) < 4.78 is 11.5. The topological polar surface area (TPSA) is 106 Å². The Balaban J connectivity index is 1.55. The highest BCUT2D eigenvalue weighted by Crippen LogP contribution is 2.28. The molecule has 0 aliphatic heterocycles. The molecule has 34 heavy (non-hydrogen) atoms. The van der Waals surface area contributed by atoms with Gasteiger partial charge in [0.2, 0.25) is 0 Å². The molecule has 0 heterocycles. The minimum Gasteiger partial charge on any atom is -0.493 e. The van der Waals surface area contributed by atoms with Gasteiger partial charge in [-0.15, -0.1) is 0 Å². The summed E-state index contributed by atoms with van der Waals surface area (Å²) in [6.45, 7) is -0.283. The fraction of sp³-hybridized carbons (Fsp3) is 0.0833. The molecule has 0 aromatic heterocycles. The second kappa shape index (κ2) is 12.0. The summed E-state index contributed by atoms with van der Waals surface area (Å²) >= 11 is 9.28. The molecule has 0 fully saturated rings. The quantitative estimate of drug-likeness (QED) is 0.191. The van der Waals surface area contributed by atoms with Crippen molar-refractivity contribution >= 4 is 51.5 Å². The number of amides is 2. The molecule has 2 N–H and O–H groups in total. The molecule has 0 atom stereocenters. The molecule has 0 unspecified atom stereocenters. The second-order valence-corrected chi connectivity index (χ2v) is 8.09. The van der Waals surface area contributed by atoms with Crippen molar-refractivity contribution in [1.82, 2.24) is 10.7 Å². The van der Waals surface area contributed by atoms with Crippen LogP contribution in [0.15, 0.2) is 76.3 Å². The predicted octanol–water partition coefficient (Wildman–Crippen LogP) is 4.21. The maximum atomic E-state index is 12.4. The van der Waals surface area contributed by atoms with Crippen LogP contribution in [0, 0.1) is 0 Å². The van der Waals surface area contributed by atoms with Crippen molar-refractivity contribution in [2.45, 2.75) is 0 Å². The molecule has 174 valence electrons. The van der Waals surface area contributed by atoms with E-state index in [-0.39, 0.29) is 22.9 Å². The van der Waals surface area contributed by atoms with Crippen LogP contribution in [-0.2, 0) is 4.79 Å². The molecule has 10 heteroatoms. The zero-order valence-electron chi connectivity index (χ0n) is 17.9. The number of esters is 1. The number of carbonyl (C=O) groups excluding carboxylic acids is 3. The number of hydrogen-bond donors (Lipinski definition) is 2. The number of carbonyl (C=O) groups is 3. The Labute approximate surface area is 209 Å². The smallest absolute Gasteiger partial charge is 0.343 e. The van der Waals surface area contributed by atoms with Gasteiger partial charge in [-0.2, -0.15) is 5.10 Å². The highest BCUT2D eigenvalue weighted by atomic mass is 79.9. The van der Waals surface area contributed by atoms with Crippen LogP contribution in [0.5, 0.6) is 11.5 Å². The number of nitrogens with one attached hydrogen (secondary N) is 2. The molecule has 0 aliphatic rings. The minimum absolute atomic E-state index is 0.232. The first-order valence-corrected chi connectivity index (χ1v) is 11.0. The number of hydrazone groups is 1. The van der Waals surface area contributed by atoms with E-state index in [1.807, 2.05) is 0 Å². The number of ether oxygens (including phenoxy) is 2. The van der Waals surface area contributed by atoms with Gasteiger partial charge < -0.3 is 14.8 Å². The number of hydrogen-bond acceptors (Lipinski definition) is 6. The predicted molar refractivity (Wildman–Crippen MR) is 132 cm³/mol. The van der Waals surface area contributed by atoms with Gasteiger partial charge >= 0.3 is 5.97 Å². The molecule has 0 bridgehead atoms. The summed E-state index contributed by atoms with van der Waals surface area (Å²) in [5.41, 5.74) is 3.55. The Morgan fingerprint density at radius 2 is 1.82 bits per heavy atom. The Kier molecular flexibility index (Phi) is 8.78. The van der Waals surface area contributed by atoms with E-state index >= 15 is 0 Å². The summed E-state index contributed by atoms with van der Waals surface area (Å²) in [4.78, 5) is 36.4. The molecule has 0 saturated carbocycles. The van der Waals surface area contributed by atoms with Gasteiger partial charge in [0.1, 0.15) is 0 Å². The Morgan fingerprint density at radius 3 is 2.56 bits per heavy atom. The third-order valence-corrected chi connectivity index (χ3v) is 5.20. The zero-order chi connectivity index (χ0) is 24.5. The van der Waals surface area contributed by atoms with Crippen LogP contribution in [0.4, 0.5) is 0 Å². The van der Waals surface area contributed by atoms with E-state index in [2.05, 4.69) is 31.8 Å². The normalized spacial score (nSPS) is 10.6. The summed E-state index contributed by atoms with van der Waals surface area (Å²) in [5, 5.41) is 6.62. The first-order chi connectivity index (χ1) is 16.4. The van der Waals surface area contributed by atoms with Crippen molar-refractivity contribution in [3.05, 3.63) is 92.9 Å². The number of rotatable bonds is 8. The van der Waals surface area contributed by atoms with E-state index in [1.54, 1.807) is 66.7 Å². The van der Waals surface area contributed by atoms with Gasteiger partial charge in [-0.25, -0.2) is 10.2 Å². The molecule has 0 saturated heterocycles. The van der Waals surface area contributed by atoms with Crippen molar-refractivity contribution in [3.63, 3.8) is 0 Å². The maximum Gasteiger partial charge on any atom is 0.343 e. The lowest BCUT2D eigenvalue weighted by atomic mass is 10.2. The monoisotopic (exact) mass is 543 g/mol.